The lowest BCUT2D eigenvalue weighted by molar-refractivity contribution is 0.182. The Morgan fingerprint density at radius 3 is 2.71 bits per heavy atom. The molecule has 1 unspecified atom stereocenters. The Hall–Kier alpha value is -0.900. The maximum atomic E-state index is 13.2. The van der Waals surface area contributed by atoms with Gasteiger partial charge < -0.3 is 5.11 Å². The summed E-state index contributed by atoms with van der Waals surface area (Å²) in [7, 11) is 0. The maximum absolute atomic E-state index is 13.2. The molecule has 0 saturated carbocycles. The van der Waals surface area contributed by atoms with Crippen molar-refractivity contribution in [2.75, 3.05) is 0 Å². The van der Waals surface area contributed by atoms with Crippen LogP contribution < -0.4 is 0 Å². The van der Waals surface area contributed by atoms with E-state index in [0.29, 0.717) is 6.42 Å². The van der Waals surface area contributed by atoms with E-state index < -0.39 is 11.9 Å². The van der Waals surface area contributed by atoms with Crippen molar-refractivity contribution in [3.05, 3.63) is 56.5 Å². The van der Waals surface area contributed by atoms with Crippen LogP contribution in [0.25, 0.3) is 0 Å². The van der Waals surface area contributed by atoms with Gasteiger partial charge in [0.1, 0.15) is 5.82 Å². The van der Waals surface area contributed by atoms with Crippen molar-refractivity contribution < 1.29 is 9.50 Å². The minimum Gasteiger partial charge on any atom is -0.387 e. The van der Waals surface area contributed by atoms with E-state index in [4.69, 9.17) is 11.6 Å². The van der Waals surface area contributed by atoms with E-state index in [0.717, 1.165) is 15.3 Å². The third-order valence-corrected chi connectivity index (χ3v) is 3.91. The summed E-state index contributed by atoms with van der Waals surface area (Å²) in [5, 5.41) is 10.1. The fourth-order valence-electron chi connectivity index (χ4n) is 1.62. The van der Waals surface area contributed by atoms with E-state index in [1.807, 2.05) is 19.1 Å². The number of hydrogen-bond donors (Lipinski definition) is 1. The summed E-state index contributed by atoms with van der Waals surface area (Å²) in [6.07, 6.45) is -0.192. The van der Waals surface area contributed by atoms with Gasteiger partial charge in [0.25, 0.3) is 0 Å². The summed E-state index contributed by atoms with van der Waals surface area (Å²) in [6, 6.07) is 8.47. The molecule has 1 aromatic heterocycles. The number of halogens is 2. The maximum Gasteiger partial charge on any atom is 0.142 e. The van der Waals surface area contributed by atoms with Crippen LogP contribution in [0.3, 0.4) is 0 Å². The molecule has 0 bridgehead atoms. The quantitative estimate of drug-likeness (QED) is 0.889. The van der Waals surface area contributed by atoms with Crippen LogP contribution in [-0.2, 0) is 6.42 Å². The first-order valence-electron chi connectivity index (χ1n) is 5.24. The zero-order valence-corrected chi connectivity index (χ0v) is 10.9. The van der Waals surface area contributed by atoms with Gasteiger partial charge in [0.05, 0.1) is 11.1 Å². The number of aryl methyl sites for hydroxylation is 1. The van der Waals surface area contributed by atoms with Crippen molar-refractivity contribution in [3.63, 3.8) is 0 Å². The molecule has 0 aliphatic carbocycles. The van der Waals surface area contributed by atoms with Crippen LogP contribution in [0, 0.1) is 12.7 Å². The fraction of sp³-hybridized carbons (Fsp3) is 0.231. The summed E-state index contributed by atoms with van der Waals surface area (Å²) < 4.78 is 13.2. The summed E-state index contributed by atoms with van der Waals surface area (Å²) >= 11 is 7.15. The second-order valence-electron chi connectivity index (χ2n) is 3.92. The number of aliphatic hydroxyl groups is 1. The van der Waals surface area contributed by atoms with Crippen LogP contribution in [0.15, 0.2) is 30.3 Å². The van der Waals surface area contributed by atoms with Gasteiger partial charge in [-0.05, 0) is 36.8 Å². The molecule has 1 N–H and O–H groups in total. The molecule has 1 atom stereocenters. The van der Waals surface area contributed by atoms with Gasteiger partial charge in [0.15, 0.2) is 0 Å². The molecule has 0 amide bonds. The molecule has 1 nitrogen and oxygen atoms in total. The summed E-state index contributed by atoms with van der Waals surface area (Å²) in [6.45, 7) is 1.99. The molecule has 2 rings (SSSR count). The monoisotopic (exact) mass is 270 g/mol. The van der Waals surface area contributed by atoms with Gasteiger partial charge >= 0.3 is 0 Å². The first kappa shape index (κ1) is 12.6. The lowest BCUT2D eigenvalue weighted by Gasteiger charge is -2.08. The highest BCUT2D eigenvalue weighted by molar-refractivity contribution is 7.12. The van der Waals surface area contributed by atoms with E-state index in [9.17, 15) is 9.50 Å². The van der Waals surface area contributed by atoms with Gasteiger partial charge in [-0.1, -0.05) is 17.7 Å². The van der Waals surface area contributed by atoms with Gasteiger partial charge in [0, 0.05) is 16.2 Å². The van der Waals surface area contributed by atoms with E-state index in [2.05, 4.69) is 0 Å². The Kier molecular flexibility index (Phi) is 3.82. The molecule has 4 heteroatoms. The number of rotatable bonds is 3. The highest BCUT2D eigenvalue weighted by atomic mass is 35.5. The molecular weight excluding hydrogens is 259 g/mol. The average molecular weight is 271 g/mol. The second kappa shape index (κ2) is 5.17. The SMILES string of the molecule is Cc1ccc(C(O)Cc2ccc(Cl)c(F)c2)s1. The van der Waals surface area contributed by atoms with Gasteiger partial charge in [0.2, 0.25) is 0 Å². The lowest BCUT2D eigenvalue weighted by atomic mass is 10.1. The first-order valence-corrected chi connectivity index (χ1v) is 6.44. The van der Waals surface area contributed by atoms with E-state index in [1.54, 1.807) is 17.4 Å². The van der Waals surface area contributed by atoms with Crippen molar-refractivity contribution in [2.45, 2.75) is 19.4 Å². The van der Waals surface area contributed by atoms with Crippen LogP contribution in [-0.4, -0.2) is 5.11 Å². The molecule has 0 aliphatic heterocycles. The Bertz CT molecular complexity index is 524. The largest absolute Gasteiger partial charge is 0.387 e. The van der Waals surface area contributed by atoms with Crippen molar-refractivity contribution >= 4 is 22.9 Å². The molecule has 1 aromatic carbocycles. The van der Waals surface area contributed by atoms with E-state index in [1.165, 1.54) is 12.1 Å². The third-order valence-electron chi connectivity index (χ3n) is 2.50. The molecule has 0 aliphatic rings. The predicted octanol–water partition coefficient (Wildman–Crippen LogP) is 4.13. The van der Waals surface area contributed by atoms with Gasteiger partial charge in [-0.3, -0.25) is 0 Å². The molecule has 0 saturated heterocycles. The van der Waals surface area contributed by atoms with Crippen molar-refractivity contribution in [2.24, 2.45) is 0 Å². The zero-order valence-electron chi connectivity index (χ0n) is 9.28. The van der Waals surface area contributed by atoms with Crippen LogP contribution in [0.2, 0.25) is 5.02 Å². The molecule has 2 aromatic rings. The fourth-order valence-corrected chi connectivity index (χ4v) is 2.60. The first-order chi connectivity index (χ1) is 8.06. The molecule has 17 heavy (non-hydrogen) atoms. The standard InChI is InChI=1S/C13H12ClFOS/c1-8-2-5-13(17-8)12(16)7-9-3-4-10(14)11(15)6-9/h2-6,12,16H,7H2,1H3. The second-order valence-corrected chi connectivity index (χ2v) is 5.64. The summed E-state index contributed by atoms with van der Waals surface area (Å²) in [5.74, 6) is -0.446. The van der Waals surface area contributed by atoms with Gasteiger partial charge in [-0.25, -0.2) is 4.39 Å². The van der Waals surface area contributed by atoms with Gasteiger partial charge in [-0.15, -0.1) is 11.3 Å². The minimum absolute atomic E-state index is 0.107. The van der Waals surface area contributed by atoms with E-state index in [-0.39, 0.29) is 5.02 Å². The molecule has 0 spiro atoms. The average Bonchev–Trinajstić information content (AvgIpc) is 2.70. The predicted molar refractivity (Wildman–Crippen MR) is 69.1 cm³/mol. The Labute approximate surface area is 108 Å². The van der Waals surface area contributed by atoms with Crippen molar-refractivity contribution in [1.29, 1.82) is 0 Å². The summed E-state index contributed by atoms with van der Waals surface area (Å²) in [5.41, 5.74) is 0.741. The highest BCUT2D eigenvalue weighted by Crippen LogP contribution is 2.26. The molecule has 1 heterocycles. The minimum atomic E-state index is -0.589. The van der Waals surface area contributed by atoms with Crippen LogP contribution in [0.4, 0.5) is 4.39 Å². The zero-order chi connectivity index (χ0) is 12.4. The van der Waals surface area contributed by atoms with E-state index >= 15 is 0 Å². The smallest absolute Gasteiger partial charge is 0.142 e. The summed E-state index contributed by atoms with van der Waals surface area (Å²) in [4.78, 5) is 2.05. The lowest BCUT2D eigenvalue weighted by Crippen LogP contribution is -1.99. The molecule has 0 radical (unpaired) electrons. The Morgan fingerprint density at radius 1 is 1.35 bits per heavy atom. The van der Waals surface area contributed by atoms with Crippen LogP contribution in [0.1, 0.15) is 21.4 Å². The van der Waals surface area contributed by atoms with Crippen LogP contribution >= 0.6 is 22.9 Å². The molecule has 90 valence electrons. The van der Waals surface area contributed by atoms with Crippen molar-refractivity contribution in [3.8, 4) is 0 Å². The normalized spacial score (nSPS) is 12.7. The number of aliphatic hydroxyl groups excluding tert-OH is 1. The Balaban J connectivity index is 2.12. The van der Waals surface area contributed by atoms with Crippen molar-refractivity contribution in [1.82, 2.24) is 0 Å². The Morgan fingerprint density at radius 2 is 2.12 bits per heavy atom. The topological polar surface area (TPSA) is 20.2 Å². The highest BCUT2D eigenvalue weighted by Gasteiger charge is 2.11. The van der Waals surface area contributed by atoms with Gasteiger partial charge in [-0.2, -0.15) is 0 Å². The number of hydrogen-bond acceptors (Lipinski definition) is 2. The molecule has 0 fully saturated rings. The van der Waals surface area contributed by atoms with Crippen LogP contribution in [0.5, 0.6) is 0 Å². The molecular formula is C13H12ClFOS. The third kappa shape index (κ3) is 3.06. The number of benzene rings is 1. The number of thiophene rings is 1.